The molecular formula is C40H35N7O6S2. The van der Waals surface area contributed by atoms with Crippen LogP contribution >= 0.6 is 0 Å². The summed E-state index contributed by atoms with van der Waals surface area (Å²) in [4.78, 5) is 29.8. The number of nitrogens with two attached hydrogens (primary N) is 1. The van der Waals surface area contributed by atoms with E-state index in [1.54, 1.807) is 56.3 Å². The summed E-state index contributed by atoms with van der Waals surface area (Å²) in [7, 11) is -7.84. The molecule has 2 aromatic heterocycles. The smallest absolute Gasteiger partial charge is 0.264 e. The van der Waals surface area contributed by atoms with Crippen LogP contribution in [0.3, 0.4) is 0 Å². The SMILES string of the molecule is CCc1cc(C#N)cc2c1CCN2S(=O)(=O)c1cccc2c(=O)[nH]cc(C)c12.Cc1c[nH]c(=O)c2cccc(S(=O)(=O)N3CCc4c(N)cc(C#N)cc43)c12. The van der Waals surface area contributed by atoms with Crippen molar-refractivity contribution >= 4 is 58.7 Å². The number of hydrogen-bond acceptors (Lipinski definition) is 9. The van der Waals surface area contributed by atoms with Crippen molar-refractivity contribution in [3.8, 4) is 12.1 Å². The van der Waals surface area contributed by atoms with Gasteiger partial charge in [0.1, 0.15) is 0 Å². The van der Waals surface area contributed by atoms with Crippen molar-refractivity contribution in [3.05, 3.63) is 133 Å². The van der Waals surface area contributed by atoms with E-state index in [0.29, 0.717) is 85.8 Å². The molecule has 278 valence electrons. The number of benzene rings is 4. The van der Waals surface area contributed by atoms with Crippen molar-refractivity contribution in [2.45, 2.75) is 49.8 Å². The van der Waals surface area contributed by atoms with E-state index in [4.69, 9.17) is 5.73 Å². The van der Waals surface area contributed by atoms with E-state index in [9.17, 15) is 36.9 Å². The summed E-state index contributed by atoms with van der Waals surface area (Å²) in [6, 6.07) is 20.1. The summed E-state index contributed by atoms with van der Waals surface area (Å²) in [5.74, 6) is 0. The molecule has 15 heteroatoms. The maximum atomic E-state index is 13.6. The molecule has 0 spiro atoms. The average molecular weight is 774 g/mol. The third-order valence-corrected chi connectivity index (χ3v) is 13.9. The number of hydrogen-bond donors (Lipinski definition) is 3. The summed E-state index contributed by atoms with van der Waals surface area (Å²) in [5, 5.41) is 20.0. The number of nitrogens with zero attached hydrogens (tertiary/aromatic N) is 4. The van der Waals surface area contributed by atoms with Crippen molar-refractivity contribution in [2.75, 3.05) is 27.4 Å². The molecular weight excluding hydrogens is 739 g/mol. The van der Waals surface area contributed by atoms with Gasteiger partial charge in [-0.1, -0.05) is 19.1 Å². The summed E-state index contributed by atoms with van der Waals surface area (Å²) in [6.07, 6.45) is 4.84. The normalized spacial score (nSPS) is 13.5. The third kappa shape index (κ3) is 6.07. The second-order valence-corrected chi connectivity index (χ2v) is 17.0. The van der Waals surface area contributed by atoms with Gasteiger partial charge >= 0.3 is 0 Å². The van der Waals surface area contributed by atoms with E-state index < -0.39 is 20.0 Å². The lowest BCUT2D eigenvalue weighted by Gasteiger charge is -2.21. The molecule has 0 atom stereocenters. The molecule has 13 nitrogen and oxygen atoms in total. The zero-order chi connectivity index (χ0) is 39.4. The van der Waals surface area contributed by atoms with Gasteiger partial charge in [-0.3, -0.25) is 18.2 Å². The molecule has 0 radical (unpaired) electrons. The van der Waals surface area contributed by atoms with Gasteiger partial charge in [-0.25, -0.2) is 16.8 Å². The highest BCUT2D eigenvalue weighted by Crippen LogP contribution is 2.40. The number of sulfonamides is 2. The van der Waals surface area contributed by atoms with Crippen LogP contribution in [0.4, 0.5) is 17.1 Å². The lowest BCUT2D eigenvalue weighted by atomic mass is 10.00. The van der Waals surface area contributed by atoms with Crippen molar-refractivity contribution < 1.29 is 16.8 Å². The Kier molecular flexibility index (Phi) is 9.24. The number of aryl methyl sites for hydroxylation is 3. The van der Waals surface area contributed by atoms with Crippen molar-refractivity contribution in [1.82, 2.24) is 9.97 Å². The van der Waals surface area contributed by atoms with Gasteiger partial charge < -0.3 is 15.7 Å². The monoisotopic (exact) mass is 773 g/mol. The molecule has 0 aliphatic carbocycles. The number of aromatic amines is 2. The number of nitrogen functional groups attached to an aromatic ring is 1. The largest absolute Gasteiger partial charge is 0.398 e. The lowest BCUT2D eigenvalue weighted by molar-refractivity contribution is 0.591. The molecule has 55 heavy (non-hydrogen) atoms. The molecule has 4 aromatic carbocycles. The minimum Gasteiger partial charge on any atom is -0.398 e. The number of rotatable bonds is 5. The van der Waals surface area contributed by atoms with Crippen LogP contribution in [-0.2, 0) is 39.3 Å². The van der Waals surface area contributed by atoms with Crippen LogP contribution in [0.25, 0.3) is 21.5 Å². The van der Waals surface area contributed by atoms with E-state index in [0.717, 1.165) is 17.5 Å². The van der Waals surface area contributed by atoms with E-state index in [-0.39, 0.29) is 27.5 Å². The van der Waals surface area contributed by atoms with Crippen molar-refractivity contribution in [1.29, 1.82) is 10.5 Å². The molecule has 0 amide bonds. The van der Waals surface area contributed by atoms with Crippen LogP contribution in [0.1, 0.15) is 45.9 Å². The number of pyridine rings is 2. The molecule has 0 bridgehead atoms. The highest BCUT2D eigenvalue weighted by Gasteiger charge is 2.35. The Labute approximate surface area is 317 Å². The quantitative estimate of drug-likeness (QED) is 0.199. The van der Waals surface area contributed by atoms with Crippen LogP contribution in [0, 0.1) is 36.5 Å². The predicted octanol–water partition coefficient (Wildman–Crippen LogP) is 5.06. The molecule has 2 aliphatic rings. The standard InChI is InChI=1S/C21H19N3O3S.C19H16N4O3S/c1-3-15-9-14(11-22)10-18-16(15)7-8-24(18)28(26,27)19-6-4-5-17-20(19)13(2)12-23-21(17)25;1-11-10-22-19(24)14-3-2-4-17(18(11)14)27(25,26)23-6-5-13-15(21)7-12(9-20)8-16(13)23/h4-6,9-10,12H,3,7-8H2,1-2H3,(H,23,25);2-4,7-8,10H,5-6,21H2,1H3,(H,22,24). The average Bonchev–Trinajstić information content (AvgIpc) is 3.83. The van der Waals surface area contributed by atoms with E-state index in [1.165, 1.54) is 33.1 Å². The fourth-order valence-electron chi connectivity index (χ4n) is 7.58. The molecule has 4 N–H and O–H groups in total. The molecule has 8 rings (SSSR count). The Balaban J connectivity index is 0.000000169. The van der Waals surface area contributed by atoms with Gasteiger partial charge in [0, 0.05) is 58.3 Å². The summed E-state index contributed by atoms with van der Waals surface area (Å²) in [5.41, 5.74) is 11.5. The molecule has 6 aromatic rings. The summed E-state index contributed by atoms with van der Waals surface area (Å²) in [6.45, 7) is 6.07. The van der Waals surface area contributed by atoms with E-state index >= 15 is 0 Å². The third-order valence-electron chi connectivity index (χ3n) is 10.2. The topological polar surface area (TPSA) is 214 Å². The van der Waals surface area contributed by atoms with E-state index in [2.05, 4.69) is 16.0 Å². The van der Waals surface area contributed by atoms with Crippen molar-refractivity contribution in [2.24, 2.45) is 0 Å². The van der Waals surface area contributed by atoms with Crippen molar-refractivity contribution in [3.63, 3.8) is 0 Å². The van der Waals surface area contributed by atoms with Gasteiger partial charge in [-0.15, -0.1) is 0 Å². The highest BCUT2D eigenvalue weighted by atomic mass is 32.2. The molecule has 0 saturated heterocycles. The first-order valence-corrected chi connectivity index (χ1v) is 20.3. The lowest BCUT2D eigenvalue weighted by Crippen LogP contribution is -2.29. The van der Waals surface area contributed by atoms with E-state index in [1.807, 2.05) is 19.1 Å². The number of aromatic nitrogens is 2. The van der Waals surface area contributed by atoms with Gasteiger partial charge in [0.05, 0.1) is 44.4 Å². The van der Waals surface area contributed by atoms with Crippen LogP contribution in [-0.4, -0.2) is 39.9 Å². The molecule has 0 saturated carbocycles. The Bertz CT molecular complexity index is 3030. The van der Waals surface area contributed by atoms with Crippen LogP contribution < -0.4 is 25.5 Å². The fraction of sp³-hybridized carbons (Fsp3) is 0.200. The number of nitrogens with one attached hydrogen (secondary N) is 2. The highest BCUT2D eigenvalue weighted by molar-refractivity contribution is 7.93. The maximum Gasteiger partial charge on any atom is 0.264 e. The van der Waals surface area contributed by atoms with Gasteiger partial charge in [-0.05, 0) is 104 Å². The zero-order valence-electron chi connectivity index (χ0n) is 30.1. The molecule has 0 unspecified atom stereocenters. The minimum absolute atomic E-state index is 0.0670. The van der Waals surface area contributed by atoms with Crippen LogP contribution in [0.15, 0.2) is 92.4 Å². The Morgan fingerprint density at radius 3 is 1.64 bits per heavy atom. The number of fused-ring (bicyclic) bond motifs is 4. The molecule has 0 fully saturated rings. The maximum absolute atomic E-state index is 13.6. The summed E-state index contributed by atoms with van der Waals surface area (Å²) < 4.78 is 56.8. The second-order valence-electron chi connectivity index (χ2n) is 13.4. The number of nitriles is 2. The number of H-pyrrole nitrogens is 2. The van der Waals surface area contributed by atoms with Crippen LogP contribution in [0.5, 0.6) is 0 Å². The zero-order valence-corrected chi connectivity index (χ0v) is 31.7. The van der Waals surface area contributed by atoms with Gasteiger partial charge in [0.25, 0.3) is 31.2 Å². The molecule has 2 aliphatic heterocycles. The minimum atomic E-state index is -3.94. The Hall–Kier alpha value is -6.42. The van der Waals surface area contributed by atoms with Gasteiger partial charge in [0.15, 0.2) is 0 Å². The first-order chi connectivity index (χ1) is 26.2. The van der Waals surface area contributed by atoms with Gasteiger partial charge in [-0.2, -0.15) is 10.5 Å². The van der Waals surface area contributed by atoms with Gasteiger partial charge in [0.2, 0.25) is 0 Å². The summed E-state index contributed by atoms with van der Waals surface area (Å²) >= 11 is 0. The second kappa shape index (κ2) is 13.8. The Morgan fingerprint density at radius 2 is 1.16 bits per heavy atom. The fourth-order valence-corrected chi connectivity index (χ4v) is 11.1. The first kappa shape index (κ1) is 36.9. The number of anilines is 3. The predicted molar refractivity (Wildman–Crippen MR) is 211 cm³/mol. The van der Waals surface area contributed by atoms with Crippen LogP contribution in [0.2, 0.25) is 0 Å². The Morgan fingerprint density at radius 1 is 0.709 bits per heavy atom. The first-order valence-electron chi connectivity index (χ1n) is 17.4. The molecule has 4 heterocycles.